The lowest BCUT2D eigenvalue weighted by molar-refractivity contribution is 0.00429. The van der Waals surface area contributed by atoms with Crippen LogP contribution in [0.1, 0.15) is 65.6 Å². The van der Waals surface area contributed by atoms with Gasteiger partial charge in [0.2, 0.25) is 0 Å². The summed E-state index contributed by atoms with van der Waals surface area (Å²) in [6, 6.07) is 11.3. The Kier molecular flexibility index (Phi) is 9.20. The number of carbonyl (C=O) groups is 1. The first-order valence-electron chi connectivity index (χ1n) is 13.0. The zero-order chi connectivity index (χ0) is 25.3. The minimum atomic E-state index is -0.888. The maximum absolute atomic E-state index is 11.1. The van der Waals surface area contributed by atoms with Gasteiger partial charge in [0, 0.05) is 48.9 Å². The Labute approximate surface area is 213 Å². The van der Waals surface area contributed by atoms with Crippen LogP contribution in [0.3, 0.4) is 0 Å². The highest BCUT2D eigenvalue weighted by atomic mass is 16.5. The number of aryl methyl sites for hydroxylation is 1. The Bertz CT molecular complexity index is 1170. The number of fused-ring (bicyclic) bond motifs is 1. The normalized spacial score (nSPS) is 15.2. The number of methoxy groups -OCH3 is 1. The van der Waals surface area contributed by atoms with Gasteiger partial charge >= 0.3 is 5.97 Å². The summed E-state index contributed by atoms with van der Waals surface area (Å²) in [5, 5.41) is 10.3. The van der Waals surface area contributed by atoms with Crippen LogP contribution in [0.5, 0.6) is 5.75 Å². The van der Waals surface area contributed by atoms with E-state index in [1.807, 2.05) is 18.3 Å². The van der Waals surface area contributed by atoms with E-state index in [9.17, 15) is 4.79 Å². The molecule has 6 heteroatoms. The zero-order valence-electron chi connectivity index (χ0n) is 21.5. The van der Waals surface area contributed by atoms with Gasteiger partial charge in [0.05, 0.1) is 18.8 Å². The van der Waals surface area contributed by atoms with Gasteiger partial charge in [-0.05, 0) is 74.4 Å². The van der Waals surface area contributed by atoms with Crippen molar-refractivity contribution in [3.05, 3.63) is 70.9 Å². The number of hydrogen-bond donors (Lipinski definition) is 2. The molecule has 192 valence electrons. The second kappa shape index (κ2) is 12.7. The molecule has 0 aliphatic carbocycles. The highest BCUT2D eigenvalue weighted by Gasteiger charge is 2.22. The van der Waals surface area contributed by atoms with Crippen LogP contribution in [0.25, 0.3) is 17.0 Å². The van der Waals surface area contributed by atoms with Gasteiger partial charge in [-0.1, -0.05) is 30.7 Å². The molecule has 0 saturated carbocycles. The molecule has 1 saturated heterocycles. The minimum Gasteiger partial charge on any atom is -0.496 e. The maximum atomic E-state index is 11.1. The molecule has 0 amide bonds. The number of hydrogen-bond acceptors (Lipinski definition) is 4. The van der Waals surface area contributed by atoms with Crippen molar-refractivity contribution in [1.82, 2.24) is 9.88 Å². The van der Waals surface area contributed by atoms with Crippen molar-refractivity contribution in [2.24, 2.45) is 0 Å². The number of aromatic nitrogens is 1. The summed E-state index contributed by atoms with van der Waals surface area (Å²) < 4.78 is 11.9. The van der Waals surface area contributed by atoms with Crippen molar-refractivity contribution < 1.29 is 19.4 Å². The van der Waals surface area contributed by atoms with Gasteiger partial charge in [0.25, 0.3) is 0 Å². The van der Waals surface area contributed by atoms with Gasteiger partial charge in [-0.3, -0.25) is 4.90 Å². The van der Waals surface area contributed by atoms with Crippen molar-refractivity contribution in [3.63, 3.8) is 0 Å². The van der Waals surface area contributed by atoms with Gasteiger partial charge in [-0.25, -0.2) is 4.79 Å². The highest BCUT2D eigenvalue weighted by Crippen LogP contribution is 2.32. The summed E-state index contributed by atoms with van der Waals surface area (Å²) >= 11 is 0. The Hall–Kier alpha value is -3.09. The number of aromatic carboxylic acids is 1. The van der Waals surface area contributed by atoms with Crippen LogP contribution in [-0.2, 0) is 11.3 Å². The molecule has 2 heterocycles. The molecule has 1 fully saturated rings. The summed E-state index contributed by atoms with van der Waals surface area (Å²) in [6.45, 7) is 5.93. The maximum Gasteiger partial charge on any atom is 0.335 e. The minimum absolute atomic E-state index is 0.327. The molecule has 1 aromatic heterocycles. The predicted octanol–water partition coefficient (Wildman–Crippen LogP) is 6.44. The van der Waals surface area contributed by atoms with E-state index < -0.39 is 5.97 Å². The third kappa shape index (κ3) is 6.77. The van der Waals surface area contributed by atoms with E-state index >= 15 is 0 Å². The number of nitrogens with one attached hydrogen (secondary N) is 1. The molecule has 1 aliphatic heterocycles. The molecule has 1 aliphatic rings. The number of unbranched alkanes of at least 4 members (excludes halogenated alkanes) is 3. The van der Waals surface area contributed by atoms with E-state index in [1.165, 1.54) is 22.0 Å². The van der Waals surface area contributed by atoms with Crippen molar-refractivity contribution in [2.75, 3.05) is 26.8 Å². The topological polar surface area (TPSA) is 74.8 Å². The fraction of sp³-hybridized carbons (Fsp3) is 0.433. The number of ether oxygens (including phenoxy) is 2. The van der Waals surface area contributed by atoms with Crippen LogP contribution in [0.2, 0.25) is 0 Å². The summed E-state index contributed by atoms with van der Waals surface area (Å²) in [5.74, 6) is 0.0853. The Morgan fingerprint density at radius 3 is 2.78 bits per heavy atom. The first kappa shape index (κ1) is 26.0. The number of nitrogens with zero attached hydrogens (tertiary/aromatic N) is 1. The summed E-state index contributed by atoms with van der Waals surface area (Å²) in [7, 11) is 1.76. The van der Waals surface area contributed by atoms with E-state index in [0.29, 0.717) is 11.7 Å². The van der Waals surface area contributed by atoms with Crippen molar-refractivity contribution in [2.45, 2.75) is 58.1 Å². The summed E-state index contributed by atoms with van der Waals surface area (Å²) in [5.41, 5.74) is 4.94. The van der Waals surface area contributed by atoms with Gasteiger partial charge in [-0.15, -0.1) is 0 Å². The summed E-state index contributed by atoms with van der Waals surface area (Å²) in [4.78, 5) is 16.9. The zero-order valence-corrected chi connectivity index (χ0v) is 21.5. The second-order valence-corrected chi connectivity index (χ2v) is 9.67. The Morgan fingerprint density at radius 2 is 2.00 bits per heavy atom. The molecular formula is C30H38N2O4. The molecule has 3 aromatic rings. The average Bonchev–Trinajstić information content (AvgIpc) is 3.39. The number of H-pyrrole nitrogens is 1. The van der Waals surface area contributed by atoms with Crippen molar-refractivity contribution in [3.8, 4) is 5.75 Å². The Morgan fingerprint density at radius 1 is 1.17 bits per heavy atom. The van der Waals surface area contributed by atoms with E-state index in [-0.39, 0.29) is 0 Å². The number of carboxylic acid groups (broad SMARTS) is 1. The van der Waals surface area contributed by atoms with Crippen LogP contribution in [0.15, 0.2) is 48.7 Å². The van der Waals surface area contributed by atoms with Gasteiger partial charge in [-0.2, -0.15) is 0 Å². The molecule has 0 spiro atoms. The number of aromatic amines is 1. The lowest BCUT2D eigenvalue weighted by Gasteiger charge is -2.32. The van der Waals surface area contributed by atoms with E-state index in [2.05, 4.69) is 35.0 Å². The quantitative estimate of drug-likeness (QED) is 0.286. The molecule has 2 N–H and O–H groups in total. The smallest absolute Gasteiger partial charge is 0.335 e. The number of piperidine rings is 1. The number of carboxylic acids is 1. The van der Waals surface area contributed by atoms with Crippen molar-refractivity contribution in [1.29, 1.82) is 0 Å². The first-order valence-corrected chi connectivity index (χ1v) is 13.0. The monoisotopic (exact) mass is 490 g/mol. The molecule has 36 heavy (non-hydrogen) atoms. The lowest BCUT2D eigenvalue weighted by atomic mass is 10.0. The summed E-state index contributed by atoms with van der Waals surface area (Å²) in [6.07, 6.45) is 13.0. The van der Waals surface area contributed by atoms with Crippen LogP contribution in [0.4, 0.5) is 0 Å². The number of allylic oxidation sites excluding steroid dienone is 1. The fourth-order valence-corrected chi connectivity index (χ4v) is 5.02. The van der Waals surface area contributed by atoms with Gasteiger partial charge in [0.15, 0.2) is 0 Å². The van der Waals surface area contributed by atoms with Crippen LogP contribution in [-0.4, -0.2) is 53.9 Å². The van der Waals surface area contributed by atoms with Crippen LogP contribution in [0, 0.1) is 6.92 Å². The molecular weight excluding hydrogens is 452 g/mol. The SMILES string of the molecule is COc1cc(C)c2[nH]ccc2c1CN1CCC(OCCCCC/C=C/c2cccc(C(=O)O)c2)CC1. The second-order valence-electron chi connectivity index (χ2n) is 9.67. The third-order valence-electron chi connectivity index (χ3n) is 7.06. The number of benzene rings is 2. The molecule has 0 radical (unpaired) electrons. The number of likely N-dealkylation sites (tertiary alicyclic amines) is 1. The fourth-order valence-electron chi connectivity index (χ4n) is 5.02. The molecule has 0 atom stereocenters. The molecule has 0 bridgehead atoms. The van der Waals surface area contributed by atoms with Gasteiger partial charge in [0.1, 0.15) is 5.75 Å². The molecule has 0 unspecified atom stereocenters. The molecule has 4 rings (SSSR count). The van der Waals surface area contributed by atoms with Crippen molar-refractivity contribution >= 4 is 22.9 Å². The van der Waals surface area contributed by atoms with E-state index in [0.717, 1.165) is 76.1 Å². The first-order chi connectivity index (χ1) is 17.5. The lowest BCUT2D eigenvalue weighted by Crippen LogP contribution is -2.36. The standard InChI is InChI=1S/C30H38N2O4/c1-22-19-28(35-2)27(26-12-15-31-29(22)26)21-32-16-13-25(14-17-32)36-18-7-5-3-4-6-9-23-10-8-11-24(20-23)30(33)34/h6,8-12,15,19-20,25,31H,3-5,7,13-14,16-18,21H2,1-2H3,(H,33,34)/b9-6+. The molecule has 6 nitrogen and oxygen atoms in total. The highest BCUT2D eigenvalue weighted by molar-refractivity contribution is 5.88. The van der Waals surface area contributed by atoms with Gasteiger partial charge < -0.3 is 19.6 Å². The van der Waals surface area contributed by atoms with E-state index in [1.54, 1.807) is 25.3 Å². The predicted molar refractivity (Wildman–Crippen MR) is 145 cm³/mol. The largest absolute Gasteiger partial charge is 0.496 e. The van der Waals surface area contributed by atoms with Crippen LogP contribution < -0.4 is 4.74 Å². The van der Waals surface area contributed by atoms with E-state index in [4.69, 9.17) is 14.6 Å². The Balaban J connectivity index is 1.12. The average molecular weight is 491 g/mol. The number of rotatable bonds is 12. The molecule has 2 aromatic carbocycles. The third-order valence-corrected chi connectivity index (χ3v) is 7.06. The van der Waals surface area contributed by atoms with Crippen LogP contribution >= 0.6 is 0 Å².